The molecule has 0 aliphatic heterocycles. The predicted molar refractivity (Wildman–Crippen MR) is 112 cm³/mol. The van der Waals surface area contributed by atoms with E-state index >= 15 is 0 Å². The first kappa shape index (κ1) is 20.0. The predicted octanol–water partition coefficient (Wildman–Crippen LogP) is 2.95. The largest absolute Gasteiger partial charge is 0.352 e. The average Bonchev–Trinajstić information content (AvgIpc) is 2.66. The molecule has 0 fully saturated rings. The van der Waals surface area contributed by atoms with E-state index in [2.05, 4.69) is 26.3 Å². The number of carbonyl (C=O) groups is 1. The van der Waals surface area contributed by atoms with Gasteiger partial charge in [0.1, 0.15) is 5.69 Å². The molecule has 0 radical (unpaired) electrons. The minimum absolute atomic E-state index is 0.0861. The topological polar surface area (TPSA) is 86.0 Å². The molecule has 2 aromatic carbocycles. The maximum Gasteiger partial charge on any atom is 0.352 e. The zero-order valence-electron chi connectivity index (χ0n) is 14.9. The molecule has 1 amide bonds. The molecule has 0 aliphatic rings. The number of carbonyl (C=O) groups excluding carboxylic acids is 1. The van der Waals surface area contributed by atoms with Gasteiger partial charge in [-0.05, 0) is 35.9 Å². The minimum atomic E-state index is -0.579. The van der Waals surface area contributed by atoms with Gasteiger partial charge in [0.05, 0.1) is 17.6 Å². The lowest BCUT2D eigenvalue weighted by Gasteiger charge is -2.12. The fraction of sp³-hybridized carbons (Fsp3) is 0.158. The van der Waals surface area contributed by atoms with Crippen LogP contribution in [0.4, 0.5) is 5.69 Å². The molecule has 0 saturated heterocycles. The zero-order chi connectivity index (χ0) is 20.3. The summed E-state index contributed by atoms with van der Waals surface area (Å²) in [5, 5.41) is 7.61. The number of amides is 1. The number of anilines is 1. The molecule has 144 valence electrons. The van der Waals surface area contributed by atoms with Gasteiger partial charge in [0, 0.05) is 17.6 Å². The number of hydrogen-bond donors (Lipinski definition) is 1. The van der Waals surface area contributed by atoms with E-state index in [1.54, 1.807) is 48.5 Å². The molecular weight excluding hydrogens is 448 g/mol. The molecule has 1 heterocycles. The Bertz CT molecular complexity index is 1140. The summed E-state index contributed by atoms with van der Waals surface area (Å²) in [5.74, 6) is -0.230. The second kappa shape index (κ2) is 8.53. The van der Waals surface area contributed by atoms with Crippen LogP contribution in [-0.4, -0.2) is 20.3 Å². The monoisotopic (exact) mass is 462 g/mol. The summed E-state index contributed by atoms with van der Waals surface area (Å²) in [4.78, 5) is 37.0. The first-order chi connectivity index (χ1) is 13.4. The Labute approximate surface area is 173 Å². The third-order valence-corrected chi connectivity index (χ3v) is 4.70. The number of nitrogens with one attached hydrogen (secondary N) is 1. The van der Waals surface area contributed by atoms with Gasteiger partial charge in [-0.25, -0.2) is 4.79 Å². The Morgan fingerprint density at radius 3 is 2.54 bits per heavy atom. The summed E-state index contributed by atoms with van der Waals surface area (Å²) in [6, 6.07) is 13.6. The number of rotatable bonds is 5. The van der Waals surface area contributed by atoms with Gasteiger partial charge in [-0.2, -0.15) is 9.78 Å². The molecule has 0 saturated carbocycles. The van der Waals surface area contributed by atoms with Crippen molar-refractivity contribution in [2.75, 3.05) is 5.32 Å². The molecule has 0 atom stereocenters. The first-order valence-corrected chi connectivity index (χ1v) is 9.80. The highest BCUT2D eigenvalue weighted by molar-refractivity contribution is 9.08. The van der Waals surface area contributed by atoms with Crippen LogP contribution in [-0.2, 0) is 16.7 Å². The van der Waals surface area contributed by atoms with Gasteiger partial charge in [0.2, 0.25) is 5.91 Å². The smallest absolute Gasteiger partial charge is 0.326 e. The number of aromatic nitrogens is 3. The van der Waals surface area contributed by atoms with Crippen LogP contribution in [0.1, 0.15) is 18.2 Å². The van der Waals surface area contributed by atoms with E-state index in [1.807, 2.05) is 0 Å². The van der Waals surface area contributed by atoms with Crippen LogP contribution in [0.15, 0.2) is 58.1 Å². The van der Waals surface area contributed by atoms with Gasteiger partial charge in [0.25, 0.3) is 5.56 Å². The second-order valence-electron chi connectivity index (χ2n) is 6.02. The van der Waals surface area contributed by atoms with Gasteiger partial charge < -0.3 is 5.32 Å². The van der Waals surface area contributed by atoms with Crippen molar-refractivity contribution in [3.63, 3.8) is 0 Å². The van der Waals surface area contributed by atoms with Crippen molar-refractivity contribution in [2.24, 2.45) is 0 Å². The molecule has 0 aliphatic carbocycles. The molecule has 0 unspecified atom stereocenters. The molecule has 0 spiro atoms. The van der Waals surface area contributed by atoms with E-state index in [1.165, 1.54) is 6.92 Å². The lowest BCUT2D eigenvalue weighted by Crippen LogP contribution is -2.42. The SMILES string of the molecule is CC(=O)Nc1cccc(-n2nc(CBr)c(=O)n(Cc3ccc(Cl)cc3)c2=O)c1. The lowest BCUT2D eigenvalue weighted by atomic mass is 10.2. The maximum absolute atomic E-state index is 13.0. The van der Waals surface area contributed by atoms with E-state index in [-0.39, 0.29) is 23.5 Å². The van der Waals surface area contributed by atoms with Crippen molar-refractivity contribution in [3.8, 4) is 5.69 Å². The number of benzene rings is 2. The molecule has 28 heavy (non-hydrogen) atoms. The highest BCUT2D eigenvalue weighted by Crippen LogP contribution is 2.13. The molecule has 3 aromatic rings. The van der Waals surface area contributed by atoms with Gasteiger partial charge in [-0.3, -0.25) is 14.2 Å². The van der Waals surface area contributed by atoms with Crippen LogP contribution in [0.2, 0.25) is 5.02 Å². The van der Waals surface area contributed by atoms with E-state index in [4.69, 9.17) is 11.6 Å². The Kier molecular flexibility index (Phi) is 6.11. The minimum Gasteiger partial charge on any atom is -0.326 e. The third-order valence-electron chi connectivity index (χ3n) is 3.92. The summed E-state index contributed by atoms with van der Waals surface area (Å²) < 4.78 is 2.27. The summed E-state index contributed by atoms with van der Waals surface area (Å²) in [5.41, 5.74) is 0.862. The van der Waals surface area contributed by atoms with Crippen molar-refractivity contribution in [3.05, 3.63) is 85.6 Å². The van der Waals surface area contributed by atoms with Gasteiger partial charge in [0.15, 0.2) is 0 Å². The lowest BCUT2D eigenvalue weighted by molar-refractivity contribution is -0.114. The molecule has 1 aromatic heterocycles. The third kappa shape index (κ3) is 4.40. The summed E-state index contributed by atoms with van der Waals surface area (Å²) in [6.07, 6.45) is 0. The fourth-order valence-corrected chi connectivity index (χ4v) is 3.12. The average molecular weight is 464 g/mol. The van der Waals surface area contributed by atoms with E-state index < -0.39 is 11.2 Å². The van der Waals surface area contributed by atoms with E-state index in [0.29, 0.717) is 16.4 Å². The van der Waals surface area contributed by atoms with Crippen LogP contribution < -0.4 is 16.6 Å². The second-order valence-corrected chi connectivity index (χ2v) is 7.02. The van der Waals surface area contributed by atoms with E-state index in [0.717, 1.165) is 14.8 Å². The Balaban J connectivity index is 2.12. The van der Waals surface area contributed by atoms with Crippen molar-refractivity contribution in [1.82, 2.24) is 14.3 Å². The van der Waals surface area contributed by atoms with Crippen molar-refractivity contribution in [2.45, 2.75) is 18.8 Å². The normalized spacial score (nSPS) is 10.7. The van der Waals surface area contributed by atoms with E-state index in [9.17, 15) is 14.4 Å². The van der Waals surface area contributed by atoms with Crippen LogP contribution >= 0.6 is 27.5 Å². The van der Waals surface area contributed by atoms with Crippen molar-refractivity contribution < 1.29 is 4.79 Å². The maximum atomic E-state index is 13.0. The Hall–Kier alpha value is -2.71. The summed E-state index contributed by atoms with van der Waals surface area (Å²) in [6.45, 7) is 1.48. The molecule has 3 rings (SSSR count). The number of halogens is 2. The number of hydrogen-bond acceptors (Lipinski definition) is 4. The quantitative estimate of drug-likeness (QED) is 0.590. The molecule has 9 heteroatoms. The van der Waals surface area contributed by atoms with Gasteiger partial charge >= 0.3 is 5.69 Å². The first-order valence-electron chi connectivity index (χ1n) is 8.30. The highest BCUT2D eigenvalue weighted by atomic mass is 79.9. The standard InChI is InChI=1S/C19H16BrClN4O3/c1-12(26)22-15-3-2-4-16(9-15)25-19(28)24(18(27)17(10-20)23-25)11-13-5-7-14(21)8-6-13/h2-9H,10-11H2,1H3,(H,22,26). The Morgan fingerprint density at radius 1 is 1.18 bits per heavy atom. The van der Waals surface area contributed by atoms with Gasteiger partial charge in [-0.1, -0.05) is 45.7 Å². The van der Waals surface area contributed by atoms with Crippen LogP contribution in [0.25, 0.3) is 5.69 Å². The van der Waals surface area contributed by atoms with Crippen LogP contribution in [0.3, 0.4) is 0 Å². The fourth-order valence-electron chi connectivity index (χ4n) is 2.65. The summed E-state index contributed by atoms with van der Waals surface area (Å²) >= 11 is 9.15. The molecule has 0 bridgehead atoms. The highest BCUT2D eigenvalue weighted by Gasteiger charge is 2.14. The summed E-state index contributed by atoms with van der Waals surface area (Å²) in [7, 11) is 0. The Morgan fingerprint density at radius 2 is 1.89 bits per heavy atom. The van der Waals surface area contributed by atoms with Crippen molar-refractivity contribution >= 4 is 39.1 Å². The molecular formula is C19H16BrClN4O3. The number of alkyl halides is 1. The van der Waals surface area contributed by atoms with Gasteiger partial charge in [-0.15, -0.1) is 0 Å². The number of nitrogens with zero attached hydrogens (tertiary/aromatic N) is 3. The molecule has 7 nitrogen and oxygen atoms in total. The van der Waals surface area contributed by atoms with Crippen LogP contribution in [0.5, 0.6) is 0 Å². The zero-order valence-corrected chi connectivity index (χ0v) is 17.2. The van der Waals surface area contributed by atoms with Crippen LogP contribution in [0, 0.1) is 0 Å². The molecule has 1 N–H and O–H groups in total. The van der Waals surface area contributed by atoms with Crippen molar-refractivity contribution in [1.29, 1.82) is 0 Å².